The van der Waals surface area contributed by atoms with E-state index in [4.69, 9.17) is 5.73 Å². The van der Waals surface area contributed by atoms with E-state index in [1.807, 2.05) is 24.3 Å². The fraction of sp³-hybridized carbons (Fsp3) is 0.500. The van der Waals surface area contributed by atoms with E-state index >= 15 is 0 Å². The van der Waals surface area contributed by atoms with Crippen LogP contribution in [-0.2, 0) is 16.0 Å². The second-order valence-electron chi connectivity index (χ2n) is 6.07. The number of rotatable bonds is 8. The van der Waals surface area contributed by atoms with Crippen LogP contribution >= 0.6 is 0 Å². The van der Waals surface area contributed by atoms with Gasteiger partial charge in [-0.25, -0.2) is 0 Å². The number of carbonyl (C=O) groups is 2. The molecule has 0 radical (unpaired) electrons. The number of nitrogens with two attached hydrogens (primary N) is 1. The van der Waals surface area contributed by atoms with E-state index in [2.05, 4.69) is 0 Å². The molecule has 0 aromatic heterocycles. The number of nitrogen functional groups attached to an aromatic ring is 1. The van der Waals surface area contributed by atoms with Gasteiger partial charge in [-0.2, -0.15) is 0 Å². The second kappa shape index (κ2) is 7.22. The van der Waals surface area contributed by atoms with Gasteiger partial charge in [0, 0.05) is 18.7 Å². The Kier molecular flexibility index (Phi) is 5.90. The number of hydrogen-bond donors (Lipinski definition) is 2. The molecule has 0 amide bonds. The van der Waals surface area contributed by atoms with Gasteiger partial charge >= 0.3 is 5.97 Å². The number of benzene rings is 1. The Morgan fingerprint density at radius 1 is 1.38 bits per heavy atom. The SMILES string of the molecule is CN(CCc1ccc(N)cc1)C(C(=O)O)C(C)(C)CC=O. The van der Waals surface area contributed by atoms with Crippen molar-refractivity contribution in [1.29, 1.82) is 0 Å². The molecule has 1 aromatic rings. The molecule has 1 unspecified atom stereocenters. The molecular weight excluding hydrogens is 268 g/mol. The molecule has 3 N–H and O–H groups in total. The van der Waals surface area contributed by atoms with Gasteiger partial charge in [0.1, 0.15) is 12.3 Å². The first-order chi connectivity index (χ1) is 9.77. The van der Waals surface area contributed by atoms with E-state index in [1.165, 1.54) is 0 Å². The number of carboxylic acids is 1. The van der Waals surface area contributed by atoms with Crippen molar-refractivity contribution in [3.63, 3.8) is 0 Å². The summed E-state index contributed by atoms with van der Waals surface area (Å²) < 4.78 is 0. The molecule has 0 saturated carbocycles. The molecule has 0 bridgehead atoms. The van der Waals surface area contributed by atoms with E-state index in [0.717, 1.165) is 18.3 Å². The van der Waals surface area contributed by atoms with Crippen LogP contribution in [0.5, 0.6) is 0 Å². The zero-order valence-corrected chi connectivity index (χ0v) is 12.9. The highest BCUT2D eigenvalue weighted by Gasteiger charge is 2.37. The van der Waals surface area contributed by atoms with Crippen LogP contribution in [-0.4, -0.2) is 41.9 Å². The molecule has 116 valence electrons. The number of nitrogens with zero attached hydrogens (tertiary/aromatic N) is 1. The fourth-order valence-corrected chi connectivity index (χ4v) is 2.56. The van der Waals surface area contributed by atoms with Gasteiger partial charge in [-0.3, -0.25) is 9.69 Å². The Balaban J connectivity index is 2.73. The van der Waals surface area contributed by atoms with Gasteiger partial charge in [0.05, 0.1) is 0 Å². The lowest BCUT2D eigenvalue weighted by molar-refractivity contribution is -0.147. The number of carboxylic acid groups (broad SMARTS) is 1. The Labute approximate surface area is 125 Å². The zero-order chi connectivity index (χ0) is 16.0. The Bertz CT molecular complexity index is 483. The molecule has 0 aliphatic heterocycles. The van der Waals surface area contributed by atoms with Crippen LogP contribution in [0.25, 0.3) is 0 Å². The molecular formula is C16H24N2O3. The average molecular weight is 292 g/mol. The van der Waals surface area contributed by atoms with Crippen molar-refractivity contribution >= 4 is 17.9 Å². The van der Waals surface area contributed by atoms with Crippen molar-refractivity contribution in [2.24, 2.45) is 5.41 Å². The lowest BCUT2D eigenvalue weighted by atomic mass is 9.80. The lowest BCUT2D eigenvalue weighted by Gasteiger charge is -2.36. The van der Waals surface area contributed by atoms with Crippen LogP contribution in [0.4, 0.5) is 5.69 Å². The highest BCUT2D eigenvalue weighted by molar-refractivity contribution is 5.75. The zero-order valence-electron chi connectivity index (χ0n) is 12.9. The highest BCUT2D eigenvalue weighted by atomic mass is 16.4. The summed E-state index contributed by atoms with van der Waals surface area (Å²) in [4.78, 5) is 24.1. The largest absolute Gasteiger partial charge is 0.480 e. The molecule has 5 heteroatoms. The van der Waals surface area contributed by atoms with Gasteiger partial charge in [-0.1, -0.05) is 26.0 Å². The number of aliphatic carboxylic acids is 1. The van der Waals surface area contributed by atoms with Crippen LogP contribution in [0.2, 0.25) is 0 Å². The third-order valence-electron chi connectivity index (χ3n) is 3.76. The second-order valence-corrected chi connectivity index (χ2v) is 6.07. The highest BCUT2D eigenvalue weighted by Crippen LogP contribution is 2.28. The number of hydrogen-bond acceptors (Lipinski definition) is 4. The predicted octanol–water partition coefficient (Wildman–Crippen LogP) is 1.81. The van der Waals surface area contributed by atoms with Crippen LogP contribution in [0.15, 0.2) is 24.3 Å². The summed E-state index contributed by atoms with van der Waals surface area (Å²) in [5.41, 5.74) is 6.85. The monoisotopic (exact) mass is 292 g/mol. The summed E-state index contributed by atoms with van der Waals surface area (Å²) in [6, 6.07) is 6.85. The first-order valence-electron chi connectivity index (χ1n) is 6.99. The summed E-state index contributed by atoms with van der Waals surface area (Å²) in [6.45, 7) is 4.21. The molecule has 0 fully saturated rings. The smallest absolute Gasteiger partial charge is 0.321 e. The molecule has 1 aromatic carbocycles. The Morgan fingerprint density at radius 3 is 2.43 bits per heavy atom. The molecule has 5 nitrogen and oxygen atoms in total. The normalized spacial score (nSPS) is 13.1. The minimum absolute atomic E-state index is 0.218. The first kappa shape index (κ1) is 17.2. The van der Waals surface area contributed by atoms with Gasteiger partial charge in [0.15, 0.2) is 0 Å². The van der Waals surface area contributed by atoms with Crippen molar-refractivity contribution in [2.45, 2.75) is 32.7 Å². The molecule has 0 saturated heterocycles. The van der Waals surface area contributed by atoms with E-state index in [9.17, 15) is 14.7 Å². The van der Waals surface area contributed by atoms with Crippen molar-refractivity contribution < 1.29 is 14.7 Å². The summed E-state index contributed by atoms with van der Waals surface area (Å²) in [6.07, 6.45) is 1.73. The van der Waals surface area contributed by atoms with Gasteiger partial charge in [-0.05, 0) is 36.6 Å². The van der Waals surface area contributed by atoms with Gasteiger partial charge in [0.2, 0.25) is 0 Å². The average Bonchev–Trinajstić information content (AvgIpc) is 2.37. The van der Waals surface area contributed by atoms with E-state index in [1.54, 1.807) is 25.8 Å². The Hall–Kier alpha value is -1.88. The van der Waals surface area contributed by atoms with Crippen LogP contribution < -0.4 is 5.73 Å². The van der Waals surface area contributed by atoms with Crippen molar-refractivity contribution in [2.75, 3.05) is 19.3 Å². The van der Waals surface area contributed by atoms with E-state index in [-0.39, 0.29) is 6.42 Å². The summed E-state index contributed by atoms with van der Waals surface area (Å²) >= 11 is 0. The molecule has 1 atom stereocenters. The third kappa shape index (κ3) is 4.86. The first-order valence-corrected chi connectivity index (χ1v) is 6.99. The number of anilines is 1. The third-order valence-corrected chi connectivity index (χ3v) is 3.76. The number of likely N-dealkylation sites (N-methyl/N-ethyl adjacent to an activating group) is 1. The summed E-state index contributed by atoms with van der Waals surface area (Å²) in [5, 5.41) is 9.47. The maximum Gasteiger partial charge on any atom is 0.321 e. The maximum absolute atomic E-state index is 11.5. The van der Waals surface area contributed by atoms with Crippen LogP contribution in [0.1, 0.15) is 25.8 Å². The van der Waals surface area contributed by atoms with Gasteiger partial charge in [-0.15, -0.1) is 0 Å². The molecule has 0 aliphatic rings. The number of aldehydes is 1. The van der Waals surface area contributed by atoms with Crippen LogP contribution in [0, 0.1) is 5.41 Å². The Morgan fingerprint density at radius 2 is 1.95 bits per heavy atom. The number of carbonyl (C=O) groups excluding carboxylic acids is 1. The van der Waals surface area contributed by atoms with Crippen LogP contribution in [0.3, 0.4) is 0 Å². The molecule has 0 aliphatic carbocycles. The van der Waals surface area contributed by atoms with E-state index in [0.29, 0.717) is 12.2 Å². The topological polar surface area (TPSA) is 83.6 Å². The maximum atomic E-state index is 11.5. The minimum atomic E-state index is -0.901. The summed E-state index contributed by atoms with van der Waals surface area (Å²) in [7, 11) is 1.78. The standard InChI is InChI=1S/C16H24N2O3/c1-16(2,9-11-19)14(15(20)21)18(3)10-8-12-4-6-13(17)7-5-12/h4-7,11,14H,8-10,17H2,1-3H3,(H,20,21). The van der Waals surface area contributed by atoms with Crippen molar-refractivity contribution in [3.8, 4) is 0 Å². The predicted molar refractivity (Wildman–Crippen MR) is 83.1 cm³/mol. The van der Waals surface area contributed by atoms with Gasteiger partial charge in [0.25, 0.3) is 0 Å². The molecule has 0 spiro atoms. The minimum Gasteiger partial charge on any atom is -0.480 e. The lowest BCUT2D eigenvalue weighted by Crippen LogP contribution is -2.49. The van der Waals surface area contributed by atoms with Crippen molar-refractivity contribution in [1.82, 2.24) is 4.90 Å². The van der Waals surface area contributed by atoms with E-state index < -0.39 is 17.4 Å². The molecule has 0 heterocycles. The molecule has 1 rings (SSSR count). The quantitative estimate of drug-likeness (QED) is 0.564. The van der Waals surface area contributed by atoms with Crippen molar-refractivity contribution in [3.05, 3.63) is 29.8 Å². The van der Waals surface area contributed by atoms with Gasteiger partial charge < -0.3 is 15.6 Å². The summed E-state index contributed by atoms with van der Waals surface area (Å²) in [5.74, 6) is -0.901. The fourth-order valence-electron chi connectivity index (χ4n) is 2.56. The molecule has 21 heavy (non-hydrogen) atoms.